The SMILES string of the molecule is CC(C)N1C(=O)c2ccccc2[Se]12c1ccccc1C(=O)N2C(C)C. The molecule has 0 aliphatic carbocycles. The van der Waals surface area contributed by atoms with Crippen molar-refractivity contribution in [2.75, 3.05) is 0 Å². The summed E-state index contributed by atoms with van der Waals surface area (Å²) < 4.78 is 6.18. The van der Waals surface area contributed by atoms with Gasteiger partial charge in [0, 0.05) is 0 Å². The second kappa shape index (κ2) is 5.45. The van der Waals surface area contributed by atoms with E-state index < -0.39 is 13.3 Å². The minimum absolute atomic E-state index is 0.0279. The Morgan fingerprint density at radius 3 is 1.40 bits per heavy atom. The quantitative estimate of drug-likeness (QED) is 0.722. The third kappa shape index (κ3) is 1.88. The summed E-state index contributed by atoms with van der Waals surface area (Å²) in [6, 6.07) is 15.8. The first-order valence-corrected chi connectivity index (χ1v) is 11.9. The zero-order valence-corrected chi connectivity index (χ0v) is 16.6. The van der Waals surface area contributed by atoms with Crippen LogP contribution in [0.1, 0.15) is 48.4 Å². The van der Waals surface area contributed by atoms with Gasteiger partial charge in [-0.1, -0.05) is 0 Å². The molecular weight excluding hydrogens is 379 g/mol. The van der Waals surface area contributed by atoms with E-state index in [0.29, 0.717) is 0 Å². The molecule has 2 aliphatic heterocycles. The molecule has 2 amide bonds. The molecule has 2 aromatic carbocycles. The predicted octanol–water partition coefficient (Wildman–Crippen LogP) is 1.97. The zero-order chi connectivity index (χ0) is 17.9. The van der Waals surface area contributed by atoms with E-state index >= 15 is 0 Å². The summed E-state index contributed by atoms with van der Waals surface area (Å²) in [6.07, 6.45) is 0. The first-order chi connectivity index (χ1) is 11.9. The van der Waals surface area contributed by atoms with Gasteiger partial charge in [0.25, 0.3) is 0 Å². The van der Waals surface area contributed by atoms with Crippen LogP contribution in [0, 0.1) is 0 Å². The Kier molecular flexibility index (Phi) is 3.57. The predicted molar refractivity (Wildman–Crippen MR) is 101 cm³/mol. The van der Waals surface area contributed by atoms with Gasteiger partial charge in [0.1, 0.15) is 0 Å². The van der Waals surface area contributed by atoms with Crippen LogP contribution in [0.5, 0.6) is 0 Å². The monoisotopic (exact) mass is 402 g/mol. The van der Waals surface area contributed by atoms with Gasteiger partial charge in [-0.05, 0) is 0 Å². The zero-order valence-electron chi connectivity index (χ0n) is 14.9. The number of amides is 2. The number of carbonyl (C=O) groups excluding carboxylic acids is 2. The van der Waals surface area contributed by atoms with Gasteiger partial charge in [0.2, 0.25) is 0 Å². The van der Waals surface area contributed by atoms with Crippen molar-refractivity contribution in [2.24, 2.45) is 0 Å². The van der Waals surface area contributed by atoms with E-state index in [9.17, 15) is 9.59 Å². The first-order valence-electron chi connectivity index (χ1n) is 8.61. The van der Waals surface area contributed by atoms with E-state index in [4.69, 9.17) is 0 Å². The van der Waals surface area contributed by atoms with E-state index in [1.54, 1.807) is 0 Å². The molecule has 0 bridgehead atoms. The van der Waals surface area contributed by atoms with Gasteiger partial charge in [0.05, 0.1) is 0 Å². The molecule has 0 unspecified atom stereocenters. The fraction of sp³-hybridized carbons (Fsp3) is 0.300. The van der Waals surface area contributed by atoms with Crippen LogP contribution in [0.25, 0.3) is 0 Å². The Morgan fingerprint density at radius 1 is 0.680 bits per heavy atom. The molecule has 0 fully saturated rings. The van der Waals surface area contributed by atoms with Crippen LogP contribution in [-0.2, 0) is 0 Å². The van der Waals surface area contributed by atoms with Gasteiger partial charge >= 0.3 is 151 Å². The first kappa shape index (κ1) is 16.4. The van der Waals surface area contributed by atoms with Crippen molar-refractivity contribution >= 4 is 34.0 Å². The van der Waals surface area contributed by atoms with Crippen molar-refractivity contribution in [1.82, 2.24) is 7.83 Å². The molecule has 5 heteroatoms. The van der Waals surface area contributed by atoms with Crippen LogP contribution in [0.15, 0.2) is 48.5 Å². The van der Waals surface area contributed by atoms with E-state index in [1.807, 2.05) is 71.9 Å². The summed E-state index contributed by atoms with van der Waals surface area (Å²) in [7, 11) is 0. The Balaban J connectivity index is 2.15. The summed E-state index contributed by atoms with van der Waals surface area (Å²) in [4.78, 5) is 26.6. The van der Waals surface area contributed by atoms with Crippen molar-refractivity contribution in [3.63, 3.8) is 0 Å². The van der Waals surface area contributed by atoms with Crippen LogP contribution >= 0.6 is 0 Å². The van der Waals surface area contributed by atoms with Crippen molar-refractivity contribution in [2.45, 2.75) is 39.8 Å². The Morgan fingerprint density at radius 2 is 1.04 bits per heavy atom. The number of rotatable bonds is 2. The van der Waals surface area contributed by atoms with Gasteiger partial charge in [-0.3, -0.25) is 0 Å². The maximum atomic E-state index is 13.3. The number of fused-ring (bicyclic) bond motifs is 4. The third-order valence-electron chi connectivity index (χ3n) is 4.76. The van der Waals surface area contributed by atoms with Crippen LogP contribution in [0.2, 0.25) is 0 Å². The summed E-state index contributed by atoms with van der Waals surface area (Å²) in [5.41, 5.74) is 1.51. The Bertz CT molecular complexity index is 817. The molecule has 0 N–H and O–H groups in total. The van der Waals surface area contributed by atoms with Gasteiger partial charge in [-0.15, -0.1) is 0 Å². The molecule has 2 aliphatic rings. The molecule has 2 aromatic rings. The fourth-order valence-electron chi connectivity index (χ4n) is 3.98. The molecular formula is C20H22N2O2Se. The molecule has 0 atom stereocenters. The number of benzene rings is 2. The van der Waals surface area contributed by atoms with E-state index in [0.717, 1.165) is 20.1 Å². The molecule has 4 rings (SSSR count). The van der Waals surface area contributed by atoms with Crippen LogP contribution < -0.4 is 8.92 Å². The van der Waals surface area contributed by atoms with Crippen molar-refractivity contribution < 1.29 is 9.59 Å². The number of carbonyl (C=O) groups is 2. The van der Waals surface area contributed by atoms with E-state index in [-0.39, 0.29) is 23.9 Å². The maximum absolute atomic E-state index is 13.3. The molecule has 0 radical (unpaired) electrons. The summed E-state index contributed by atoms with van der Waals surface area (Å²) in [5.74, 6) is 0.113. The standard InChI is InChI=1S/C20H22N2O2Se/c1-13(2)21-19(23)15-9-5-7-11-17(15)25(21)18-12-8-6-10-16(18)20(24)22(25)14(3)4/h5-14H,1-4H3. The van der Waals surface area contributed by atoms with Crippen molar-refractivity contribution in [3.8, 4) is 0 Å². The van der Waals surface area contributed by atoms with Crippen molar-refractivity contribution in [3.05, 3.63) is 59.7 Å². The van der Waals surface area contributed by atoms with Gasteiger partial charge in [0.15, 0.2) is 0 Å². The molecule has 0 saturated carbocycles. The molecule has 25 heavy (non-hydrogen) atoms. The second-order valence-corrected chi connectivity index (χ2v) is 12.8. The second-order valence-electron chi connectivity index (χ2n) is 6.99. The summed E-state index contributed by atoms with van der Waals surface area (Å²) in [5, 5.41) is 0. The van der Waals surface area contributed by atoms with Crippen molar-refractivity contribution in [1.29, 1.82) is 0 Å². The molecule has 0 saturated heterocycles. The van der Waals surface area contributed by atoms with E-state index in [1.165, 1.54) is 0 Å². The molecule has 1 spiro atoms. The van der Waals surface area contributed by atoms with Gasteiger partial charge in [-0.2, -0.15) is 0 Å². The average Bonchev–Trinajstić information content (AvgIpc) is 3.00. The normalized spacial score (nSPS) is 19.1. The van der Waals surface area contributed by atoms with Crippen LogP contribution in [-0.4, -0.2) is 45.0 Å². The third-order valence-corrected chi connectivity index (χ3v) is 13.7. The van der Waals surface area contributed by atoms with Gasteiger partial charge in [-0.25, -0.2) is 0 Å². The Labute approximate surface area is 151 Å². The fourth-order valence-corrected chi connectivity index (χ4v) is 13.7. The average molecular weight is 401 g/mol. The number of hydrogen-bond acceptors (Lipinski definition) is 2. The minimum atomic E-state index is -3.10. The van der Waals surface area contributed by atoms with Crippen LogP contribution in [0.3, 0.4) is 0 Å². The summed E-state index contributed by atoms with van der Waals surface area (Å²) in [6.45, 7) is 8.19. The topological polar surface area (TPSA) is 40.6 Å². The number of nitrogens with zero attached hydrogens (tertiary/aromatic N) is 2. The molecule has 130 valence electrons. The molecule has 0 aromatic heterocycles. The molecule has 4 nitrogen and oxygen atoms in total. The van der Waals surface area contributed by atoms with E-state index in [2.05, 4.69) is 12.1 Å². The van der Waals surface area contributed by atoms with Crippen LogP contribution in [0.4, 0.5) is 0 Å². The molecule has 2 heterocycles. The Hall–Kier alpha value is -2.10. The summed E-state index contributed by atoms with van der Waals surface area (Å²) >= 11 is -3.10. The van der Waals surface area contributed by atoms with Gasteiger partial charge < -0.3 is 0 Å². The number of hydrogen-bond donors (Lipinski definition) is 0.